The minimum atomic E-state index is -0.539. The van der Waals surface area contributed by atoms with E-state index < -0.39 is 11.7 Å². The summed E-state index contributed by atoms with van der Waals surface area (Å²) in [6.07, 6.45) is 4.51. The number of carbonyl (C=O) groups excluding carboxylic acids is 2. The lowest BCUT2D eigenvalue weighted by Crippen LogP contribution is -2.44. The van der Waals surface area contributed by atoms with Gasteiger partial charge in [-0.1, -0.05) is 6.07 Å². The molecule has 7 nitrogen and oxygen atoms in total. The minimum Gasteiger partial charge on any atom is -0.444 e. The standard InChI is InChI=1S/C19H24N4O3/c1-19(2,3)26-18(25)21-11-15-5-4-8-23(15)17(24)13-6-7-14-10-20-12-22-16(14)9-13/h6-7,9-10,12,15H,4-5,8,11H2,1-3H3,(H,21,25)/t15-/m1/s1. The van der Waals surface area contributed by atoms with Crippen molar-refractivity contribution >= 4 is 22.9 Å². The molecule has 2 aromatic rings. The molecule has 26 heavy (non-hydrogen) atoms. The van der Waals surface area contributed by atoms with E-state index in [1.165, 1.54) is 6.33 Å². The number of benzene rings is 1. The highest BCUT2D eigenvalue weighted by Crippen LogP contribution is 2.21. The summed E-state index contributed by atoms with van der Waals surface area (Å²) in [6.45, 7) is 6.53. The predicted octanol–water partition coefficient (Wildman–Crippen LogP) is 2.76. The van der Waals surface area contributed by atoms with Crippen LogP contribution in [0.5, 0.6) is 0 Å². The van der Waals surface area contributed by atoms with E-state index in [9.17, 15) is 9.59 Å². The van der Waals surface area contributed by atoms with Gasteiger partial charge < -0.3 is 15.0 Å². The highest BCUT2D eigenvalue weighted by Gasteiger charge is 2.30. The van der Waals surface area contributed by atoms with Crippen molar-refractivity contribution in [3.63, 3.8) is 0 Å². The summed E-state index contributed by atoms with van der Waals surface area (Å²) >= 11 is 0. The maximum absolute atomic E-state index is 12.9. The molecule has 0 unspecified atom stereocenters. The molecular formula is C19H24N4O3. The van der Waals surface area contributed by atoms with E-state index in [-0.39, 0.29) is 11.9 Å². The van der Waals surface area contributed by atoms with E-state index >= 15 is 0 Å². The third-order valence-corrected chi connectivity index (χ3v) is 4.27. The molecule has 2 amide bonds. The lowest BCUT2D eigenvalue weighted by atomic mass is 10.1. The number of hydrogen-bond acceptors (Lipinski definition) is 5. The molecule has 1 atom stereocenters. The fourth-order valence-corrected chi connectivity index (χ4v) is 3.10. The molecule has 0 spiro atoms. The Morgan fingerprint density at radius 2 is 2.15 bits per heavy atom. The number of nitrogens with zero attached hydrogens (tertiary/aromatic N) is 3. The van der Waals surface area contributed by atoms with Crippen molar-refractivity contribution < 1.29 is 14.3 Å². The smallest absolute Gasteiger partial charge is 0.407 e. The zero-order chi connectivity index (χ0) is 18.7. The average Bonchev–Trinajstić information content (AvgIpc) is 3.06. The van der Waals surface area contributed by atoms with Crippen molar-refractivity contribution in [1.29, 1.82) is 0 Å². The van der Waals surface area contributed by atoms with E-state index in [2.05, 4.69) is 15.3 Å². The predicted molar refractivity (Wildman–Crippen MR) is 97.8 cm³/mol. The van der Waals surface area contributed by atoms with E-state index in [1.807, 2.05) is 31.7 Å². The molecule has 1 N–H and O–H groups in total. The van der Waals surface area contributed by atoms with Crippen LogP contribution in [0.4, 0.5) is 4.79 Å². The molecule has 1 fully saturated rings. The Hall–Kier alpha value is -2.70. The van der Waals surface area contributed by atoms with Crippen molar-refractivity contribution in [2.45, 2.75) is 45.3 Å². The fourth-order valence-electron chi connectivity index (χ4n) is 3.10. The summed E-state index contributed by atoms with van der Waals surface area (Å²) < 4.78 is 5.26. The van der Waals surface area contributed by atoms with Crippen LogP contribution >= 0.6 is 0 Å². The Balaban J connectivity index is 1.66. The molecule has 2 heterocycles. The van der Waals surface area contributed by atoms with Crippen molar-refractivity contribution in [2.24, 2.45) is 0 Å². The summed E-state index contributed by atoms with van der Waals surface area (Å²) in [5.74, 6) is -0.0426. The summed E-state index contributed by atoms with van der Waals surface area (Å²) in [4.78, 5) is 34.8. The Labute approximate surface area is 152 Å². The minimum absolute atomic E-state index is 0.0314. The number of carbonyl (C=O) groups is 2. The Morgan fingerprint density at radius 1 is 1.35 bits per heavy atom. The normalized spacial score (nSPS) is 17.3. The van der Waals surface area contributed by atoms with Gasteiger partial charge in [0.1, 0.15) is 11.9 Å². The van der Waals surface area contributed by atoms with Gasteiger partial charge in [0.25, 0.3) is 5.91 Å². The van der Waals surface area contributed by atoms with E-state index in [4.69, 9.17) is 4.74 Å². The number of likely N-dealkylation sites (tertiary alicyclic amines) is 1. The zero-order valence-electron chi connectivity index (χ0n) is 15.4. The zero-order valence-corrected chi connectivity index (χ0v) is 15.4. The SMILES string of the molecule is CC(C)(C)OC(=O)NC[C@H]1CCCN1C(=O)c1ccc2cncnc2c1. The van der Waals surface area contributed by atoms with Crippen LogP contribution < -0.4 is 5.32 Å². The van der Waals surface area contributed by atoms with Crippen LogP contribution in [0.25, 0.3) is 10.9 Å². The number of hydrogen-bond donors (Lipinski definition) is 1. The van der Waals surface area contributed by atoms with Gasteiger partial charge in [-0.2, -0.15) is 0 Å². The Morgan fingerprint density at radius 3 is 2.92 bits per heavy atom. The average molecular weight is 356 g/mol. The molecule has 0 bridgehead atoms. The first-order valence-corrected chi connectivity index (χ1v) is 8.81. The number of ether oxygens (including phenoxy) is 1. The first kappa shape index (κ1) is 18.1. The molecule has 0 saturated carbocycles. The maximum Gasteiger partial charge on any atom is 0.407 e. The van der Waals surface area contributed by atoms with Gasteiger partial charge in [-0.25, -0.2) is 14.8 Å². The van der Waals surface area contributed by atoms with Crippen molar-refractivity contribution in [1.82, 2.24) is 20.2 Å². The molecule has 1 saturated heterocycles. The molecular weight excluding hydrogens is 332 g/mol. The van der Waals surface area contributed by atoms with Crippen LogP contribution in [0.3, 0.4) is 0 Å². The second-order valence-corrected chi connectivity index (χ2v) is 7.47. The number of fused-ring (bicyclic) bond motifs is 1. The van der Waals surface area contributed by atoms with Crippen LogP contribution in [0.2, 0.25) is 0 Å². The number of amides is 2. The molecule has 1 aromatic carbocycles. The van der Waals surface area contributed by atoms with Crippen LogP contribution in [0.15, 0.2) is 30.7 Å². The lowest BCUT2D eigenvalue weighted by molar-refractivity contribution is 0.0501. The Bertz CT molecular complexity index is 816. The van der Waals surface area contributed by atoms with E-state index in [1.54, 1.807) is 18.3 Å². The van der Waals surface area contributed by atoms with Gasteiger partial charge >= 0.3 is 6.09 Å². The molecule has 0 aliphatic carbocycles. The van der Waals surface area contributed by atoms with Gasteiger partial charge in [-0.05, 0) is 45.7 Å². The van der Waals surface area contributed by atoms with E-state index in [0.29, 0.717) is 18.7 Å². The quantitative estimate of drug-likeness (QED) is 0.914. The molecule has 1 aromatic heterocycles. The first-order chi connectivity index (χ1) is 12.3. The van der Waals surface area contributed by atoms with Crippen LogP contribution in [0, 0.1) is 0 Å². The van der Waals surface area contributed by atoms with Crippen LogP contribution in [0.1, 0.15) is 44.0 Å². The largest absolute Gasteiger partial charge is 0.444 e. The van der Waals surface area contributed by atoms with Gasteiger partial charge in [-0.3, -0.25) is 4.79 Å². The van der Waals surface area contributed by atoms with Crippen molar-refractivity contribution in [3.8, 4) is 0 Å². The number of nitrogens with one attached hydrogen (secondary N) is 1. The van der Waals surface area contributed by atoms with Crippen molar-refractivity contribution in [3.05, 3.63) is 36.3 Å². The molecule has 1 aliphatic rings. The summed E-state index contributed by atoms with van der Waals surface area (Å²) in [5.41, 5.74) is 0.802. The van der Waals surface area contributed by atoms with Gasteiger partial charge in [-0.15, -0.1) is 0 Å². The number of aromatic nitrogens is 2. The third-order valence-electron chi connectivity index (χ3n) is 4.27. The van der Waals surface area contributed by atoms with Gasteiger partial charge in [0.05, 0.1) is 5.52 Å². The van der Waals surface area contributed by atoms with Gasteiger partial charge in [0, 0.05) is 36.3 Å². The Kier molecular flexibility index (Phi) is 5.06. The fraction of sp³-hybridized carbons (Fsp3) is 0.474. The molecule has 138 valence electrons. The van der Waals surface area contributed by atoms with Crippen molar-refractivity contribution in [2.75, 3.05) is 13.1 Å². The molecule has 3 rings (SSSR count). The van der Waals surface area contributed by atoms with Crippen LogP contribution in [-0.4, -0.2) is 51.6 Å². The third kappa shape index (κ3) is 4.28. The molecule has 1 aliphatic heterocycles. The topological polar surface area (TPSA) is 84.4 Å². The van der Waals surface area contributed by atoms with Gasteiger partial charge in [0.2, 0.25) is 0 Å². The second kappa shape index (κ2) is 7.27. The highest BCUT2D eigenvalue weighted by atomic mass is 16.6. The molecule has 0 radical (unpaired) electrons. The maximum atomic E-state index is 12.9. The van der Waals surface area contributed by atoms with Gasteiger partial charge in [0.15, 0.2) is 0 Å². The van der Waals surface area contributed by atoms with E-state index in [0.717, 1.165) is 23.7 Å². The second-order valence-electron chi connectivity index (χ2n) is 7.47. The molecule has 7 heteroatoms. The van der Waals surface area contributed by atoms with Crippen LogP contribution in [-0.2, 0) is 4.74 Å². The number of rotatable bonds is 3. The lowest BCUT2D eigenvalue weighted by Gasteiger charge is -2.26. The summed E-state index contributed by atoms with van der Waals surface area (Å²) in [6, 6.07) is 5.41. The first-order valence-electron chi connectivity index (χ1n) is 8.81. The summed E-state index contributed by atoms with van der Waals surface area (Å²) in [7, 11) is 0. The monoisotopic (exact) mass is 356 g/mol. The number of alkyl carbamates (subject to hydrolysis) is 1. The highest BCUT2D eigenvalue weighted by molar-refractivity contribution is 5.98. The summed E-state index contributed by atoms with van der Waals surface area (Å²) in [5, 5.41) is 3.67.